The zero-order valence-electron chi connectivity index (χ0n) is 18.6. The van der Waals surface area contributed by atoms with E-state index in [0.29, 0.717) is 43.5 Å². The minimum absolute atomic E-state index is 0.148. The molecule has 2 aromatic rings. The highest BCUT2D eigenvalue weighted by Gasteiger charge is 2.29. The van der Waals surface area contributed by atoms with Crippen LogP contribution in [0.1, 0.15) is 37.8 Å². The lowest BCUT2D eigenvalue weighted by Gasteiger charge is -2.34. The van der Waals surface area contributed by atoms with Crippen molar-refractivity contribution in [2.24, 2.45) is 0 Å². The maximum absolute atomic E-state index is 13.1. The average Bonchev–Trinajstić information content (AvgIpc) is 2.74. The second-order valence-corrected chi connectivity index (χ2v) is 10.1. The third-order valence-corrected chi connectivity index (χ3v) is 7.40. The minimum Gasteiger partial charge on any atom is -0.495 e. The molecular weight excluding hydrogens is 414 g/mol. The fourth-order valence-electron chi connectivity index (χ4n) is 3.68. The van der Waals surface area contributed by atoms with E-state index in [1.54, 1.807) is 6.07 Å². The largest absolute Gasteiger partial charge is 0.495 e. The first-order chi connectivity index (χ1) is 14.7. The van der Waals surface area contributed by atoms with Crippen molar-refractivity contribution in [1.29, 1.82) is 0 Å². The van der Waals surface area contributed by atoms with Gasteiger partial charge in [-0.1, -0.05) is 38.1 Å². The summed E-state index contributed by atoms with van der Waals surface area (Å²) in [5.74, 6) is 0.636. The number of methoxy groups -OCH3 is 1. The summed E-state index contributed by atoms with van der Waals surface area (Å²) < 4.78 is 33.0. The number of hydrogen-bond donors (Lipinski definition) is 1. The summed E-state index contributed by atoms with van der Waals surface area (Å²) in [6, 6.07) is 13.2. The Morgan fingerprint density at radius 3 is 2.26 bits per heavy atom. The van der Waals surface area contributed by atoms with Crippen molar-refractivity contribution in [3.8, 4) is 5.75 Å². The molecule has 0 saturated carbocycles. The molecule has 7 nitrogen and oxygen atoms in total. The van der Waals surface area contributed by atoms with Crippen LogP contribution in [0.5, 0.6) is 5.75 Å². The Hall–Kier alpha value is -2.42. The van der Waals surface area contributed by atoms with Gasteiger partial charge in [-0.3, -0.25) is 9.69 Å². The number of carbonyl (C=O) groups excluding carboxylic acids is 1. The number of benzene rings is 2. The van der Waals surface area contributed by atoms with E-state index in [1.165, 1.54) is 41.6 Å². The number of nitrogens with one attached hydrogen (secondary N) is 1. The Bertz CT molecular complexity index is 1010. The van der Waals surface area contributed by atoms with E-state index < -0.39 is 10.0 Å². The molecule has 0 radical (unpaired) electrons. The van der Waals surface area contributed by atoms with Crippen LogP contribution in [0.4, 0.5) is 5.69 Å². The van der Waals surface area contributed by atoms with E-state index in [9.17, 15) is 13.2 Å². The number of nitrogens with zero attached hydrogens (tertiary/aromatic N) is 2. The van der Waals surface area contributed by atoms with E-state index >= 15 is 0 Å². The number of amides is 1. The number of ether oxygens (including phenoxy) is 1. The topological polar surface area (TPSA) is 79.0 Å². The summed E-state index contributed by atoms with van der Waals surface area (Å²) in [6.45, 7) is 8.71. The summed E-state index contributed by atoms with van der Waals surface area (Å²) in [4.78, 5) is 13.9. The molecule has 2 aromatic carbocycles. The SMILES string of the molecule is COc1ccc(S(=O)(=O)N2CCN(Cc3ccc(C(C)C)cc3)CC2)cc1NC(C)=O. The molecule has 0 bridgehead atoms. The standard InChI is InChI=1S/C23H31N3O4S/c1-17(2)20-7-5-19(6-8-20)16-25-11-13-26(14-12-25)31(28,29)21-9-10-23(30-4)22(15-21)24-18(3)27/h5-10,15,17H,11-14,16H2,1-4H3,(H,24,27). The van der Waals surface area contributed by atoms with Crippen LogP contribution in [0.15, 0.2) is 47.4 Å². The number of rotatable bonds is 7. The molecule has 0 aliphatic carbocycles. The fourth-order valence-corrected chi connectivity index (χ4v) is 5.13. The van der Waals surface area contributed by atoms with Gasteiger partial charge in [0.15, 0.2) is 0 Å². The van der Waals surface area contributed by atoms with Crippen molar-refractivity contribution in [2.45, 2.75) is 38.1 Å². The van der Waals surface area contributed by atoms with Gasteiger partial charge in [-0.05, 0) is 35.2 Å². The predicted octanol–water partition coefficient (Wildman–Crippen LogP) is 3.28. The molecule has 0 aromatic heterocycles. The summed E-state index contributed by atoms with van der Waals surface area (Å²) in [6.07, 6.45) is 0. The van der Waals surface area contributed by atoms with Crippen molar-refractivity contribution in [3.63, 3.8) is 0 Å². The highest BCUT2D eigenvalue weighted by Crippen LogP contribution is 2.29. The molecule has 8 heteroatoms. The fraction of sp³-hybridized carbons (Fsp3) is 0.435. The first-order valence-corrected chi connectivity index (χ1v) is 11.9. The van der Waals surface area contributed by atoms with Crippen molar-refractivity contribution < 1.29 is 17.9 Å². The molecule has 1 heterocycles. The molecular formula is C23H31N3O4S. The van der Waals surface area contributed by atoms with E-state index in [0.717, 1.165) is 6.54 Å². The Balaban J connectivity index is 1.66. The van der Waals surface area contributed by atoms with Crippen LogP contribution in [0.2, 0.25) is 0 Å². The Kier molecular flexibility index (Phi) is 7.35. The van der Waals surface area contributed by atoms with Gasteiger partial charge in [-0.2, -0.15) is 4.31 Å². The van der Waals surface area contributed by atoms with Crippen LogP contribution in [0.25, 0.3) is 0 Å². The molecule has 168 valence electrons. The molecule has 31 heavy (non-hydrogen) atoms. The number of sulfonamides is 1. The predicted molar refractivity (Wildman–Crippen MR) is 122 cm³/mol. The lowest BCUT2D eigenvalue weighted by atomic mass is 10.0. The summed E-state index contributed by atoms with van der Waals surface area (Å²) in [5, 5.41) is 2.63. The minimum atomic E-state index is -3.66. The smallest absolute Gasteiger partial charge is 0.243 e. The van der Waals surface area contributed by atoms with Gasteiger partial charge in [0, 0.05) is 39.6 Å². The molecule has 1 amide bonds. The number of carbonyl (C=O) groups is 1. The number of anilines is 1. The van der Waals surface area contributed by atoms with E-state index in [-0.39, 0.29) is 10.8 Å². The van der Waals surface area contributed by atoms with Crippen LogP contribution >= 0.6 is 0 Å². The first kappa shape index (κ1) is 23.2. The van der Waals surface area contributed by atoms with Crippen molar-refractivity contribution in [1.82, 2.24) is 9.21 Å². The zero-order valence-corrected chi connectivity index (χ0v) is 19.4. The molecule has 0 unspecified atom stereocenters. The summed E-state index contributed by atoms with van der Waals surface area (Å²) in [7, 11) is -2.18. The van der Waals surface area contributed by atoms with Gasteiger partial charge in [0.1, 0.15) is 5.75 Å². The highest BCUT2D eigenvalue weighted by molar-refractivity contribution is 7.89. The Morgan fingerprint density at radius 2 is 1.71 bits per heavy atom. The molecule has 3 rings (SSSR count). The second kappa shape index (κ2) is 9.80. The van der Waals surface area contributed by atoms with Crippen LogP contribution in [0, 0.1) is 0 Å². The van der Waals surface area contributed by atoms with Crippen molar-refractivity contribution >= 4 is 21.6 Å². The monoisotopic (exact) mass is 445 g/mol. The molecule has 1 saturated heterocycles. The normalized spacial score (nSPS) is 15.8. The van der Waals surface area contributed by atoms with Crippen LogP contribution in [-0.4, -0.2) is 56.8 Å². The molecule has 0 spiro atoms. The van der Waals surface area contributed by atoms with Crippen molar-refractivity contribution in [3.05, 3.63) is 53.6 Å². The zero-order chi connectivity index (χ0) is 22.6. The Morgan fingerprint density at radius 1 is 1.06 bits per heavy atom. The van der Waals surface area contributed by atoms with Gasteiger partial charge in [0.2, 0.25) is 15.9 Å². The lowest BCUT2D eigenvalue weighted by Crippen LogP contribution is -2.48. The van der Waals surface area contributed by atoms with Gasteiger partial charge in [0.05, 0.1) is 17.7 Å². The number of piperazine rings is 1. The summed E-state index contributed by atoms with van der Waals surface area (Å²) >= 11 is 0. The lowest BCUT2D eigenvalue weighted by molar-refractivity contribution is -0.114. The third-order valence-electron chi connectivity index (χ3n) is 5.50. The Labute approximate surface area is 185 Å². The summed E-state index contributed by atoms with van der Waals surface area (Å²) in [5.41, 5.74) is 2.90. The van der Waals surface area contributed by atoms with Crippen LogP contribution < -0.4 is 10.1 Å². The van der Waals surface area contributed by atoms with Crippen molar-refractivity contribution in [2.75, 3.05) is 38.6 Å². The average molecular weight is 446 g/mol. The van der Waals surface area contributed by atoms with Gasteiger partial charge >= 0.3 is 0 Å². The third kappa shape index (κ3) is 5.64. The molecule has 1 N–H and O–H groups in total. The molecule has 1 aliphatic heterocycles. The van der Waals surface area contributed by atoms with Gasteiger partial charge < -0.3 is 10.1 Å². The first-order valence-electron chi connectivity index (χ1n) is 10.5. The van der Waals surface area contributed by atoms with Crippen LogP contribution in [-0.2, 0) is 21.4 Å². The van der Waals surface area contributed by atoms with Gasteiger partial charge in [0.25, 0.3) is 0 Å². The van der Waals surface area contributed by atoms with Gasteiger partial charge in [-0.15, -0.1) is 0 Å². The van der Waals surface area contributed by atoms with E-state index in [2.05, 4.69) is 48.3 Å². The quantitative estimate of drug-likeness (QED) is 0.708. The van der Waals surface area contributed by atoms with Gasteiger partial charge in [-0.25, -0.2) is 8.42 Å². The van der Waals surface area contributed by atoms with E-state index in [1.807, 2.05) is 0 Å². The molecule has 1 aliphatic rings. The maximum Gasteiger partial charge on any atom is 0.243 e. The van der Waals surface area contributed by atoms with Crippen LogP contribution in [0.3, 0.4) is 0 Å². The van der Waals surface area contributed by atoms with E-state index in [4.69, 9.17) is 4.74 Å². The number of hydrogen-bond acceptors (Lipinski definition) is 5. The second-order valence-electron chi connectivity index (χ2n) is 8.12. The highest BCUT2D eigenvalue weighted by atomic mass is 32.2. The molecule has 1 fully saturated rings. The maximum atomic E-state index is 13.1. The molecule has 0 atom stereocenters.